The molecule has 3 aliphatic rings. The van der Waals surface area contributed by atoms with Crippen molar-refractivity contribution >= 4 is 17.7 Å². The summed E-state index contributed by atoms with van der Waals surface area (Å²) >= 11 is 0. The van der Waals surface area contributed by atoms with Gasteiger partial charge in [-0.15, -0.1) is 8.78 Å². The van der Waals surface area contributed by atoms with E-state index in [9.17, 15) is 23.5 Å². The number of carbonyl (C=O) groups is 2. The molecule has 1 aliphatic heterocycles. The molecule has 9 heteroatoms. The Labute approximate surface area is 187 Å². The van der Waals surface area contributed by atoms with Crippen molar-refractivity contribution in [1.29, 1.82) is 0 Å². The van der Waals surface area contributed by atoms with E-state index >= 15 is 0 Å². The lowest BCUT2D eigenvalue weighted by Crippen LogP contribution is -2.31. The Bertz CT molecular complexity index is 1230. The second-order valence-electron chi connectivity index (χ2n) is 8.47. The van der Waals surface area contributed by atoms with Crippen molar-refractivity contribution in [2.24, 2.45) is 11.3 Å². The standard InChI is InChI=1S/C24H20F2N2O5/c1-13-5-8-19(27-20(13)14-3-2-4-15(11-14)21(29)30)28-22(31)23(9-10-23)16-6-7-17-18(12-16)33-24(25,26)32-17/h2-5,7-8,11-12,16H,6,9-10H2,1H3,(H,29,30)(H,27,28,31). The van der Waals surface area contributed by atoms with E-state index in [1.54, 1.807) is 30.3 Å². The van der Waals surface area contributed by atoms with Gasteiger partial charge in [0, 0.05) is 5.56 Å². The molecule has 0 bridgehead atoms. The Balaban J connectivity index is 1.37. The van der Waals surface area contributed by atoms with E-state index in [-0.39, 0.29) is 28.9 Å². The minimum Gasteiger partial charge on any atom is -0.478 e. The molecule has 1 amide bonds. The topological polar surface area (TPSA) is 97.8 Å². The largest absolute Gasteiger partial charge is 0.586 e. The summed E-state index contributed by atoms with van der Waals surface area (Å²) in [7, 11) is 0. The fourth-order valence-electron chi connectivity index (χ4n) is 4.34. The number of ether oxygens (including phenoxy) is 2. The average molecular weight is 454 g/mol. The molecule has 0 radical (unpaired) electrons. The number of hydrogen-bond acceptors (Lipinski definition) is 5. The zero-order valence-corrected chi connectivity index (χ0v) is 17.6. The van der Waals surface area contributed by atoms with Crippen molar-refractivity contribution < 1.29 is 33.0 Å². The molecule has 1 atom stereocenters. The van der Waals surface area contributed by atoms with Crippen LogP contribution < -0.4 is 5.32 Å². The van der Waals surface area contributed by atoms with Gasteiger partial charge in [-0.2, -0.15) is 0 Å². The van der Waals surface area contributed by atoms with Crippen LogP contribution in [0.15, 0.2) is 60.1 Å². The van der Waals surface area contributed by atoms with Crippen LogP contribution in [-0.4, -0.2) is 28.3 Å². The van der Waals surface area contributed by atoms with Gasteiger partial charge in [0.05, 0.1) is 16.7 Å². The minimum atomic E-state index is -3.69. The highest BCUT2D eigenvalue weighted by molar-refractivity contribution is 5.97. The number of nitrogens with one attached hydrogen (secondary N) is 1. The Morgan fingerprint density at radius 1 is 1.15 bits per heavy atom. The smallest absolute Gasteiger partial charge is 0.478 e. The molecule has 170 valence electrons. The number of carboxylic acid groups (broad SMARTS) is 1. The molecule has 2 fully saturated rings. The van der Waals surface area contributed by atoms with E-state index in [1.165, 1.54) is 18.2 Å². The van der Waals surface area contributed by atoms with Crippen molar-refractivity contribution in [2.45, 2.75) is 32.5 Å². The number of aromatic carboxylic acids is 1. The van der Waals surface area contributed by atoms with Gasteiger partial charge in [0.15, 0.2) is 11.5 Å². The molecule has 1 unspecified atom stereocenters. The van der Waals surface area contributed by atoms with Gasteiger partial charge in [-0.25, -0.2) is 9.78 Å². The third-order valence-electron chi connectivity index (χ3n) is 6.28. The molecule has 2 aliphatic carbocycles. The molecule has 1 saturated heterocycles. The first-order valence-electron chi connectivity index (χ1n) is 10.5. The number of benzene rings is 1. The summed E-state index contributed by atoms with van der Waals surface area (Å²) in [5.41, 5.74) is 1.42. The van der Waals surface area contributed by atoms with Gasteiger partial charge in [-0.1, -0.05) is 18.2 Å². The predicted octanol–water partition coefficient (Wildman–Crippen LogP) is 4.86. The van der Waals surface area contributed by atoms with Crippen LogP contribution in [0.5, 0.6) is 0 Å². The number of anilines is 1. The zero-order valence-electron chi connectivity index (χ0n) is 17.6. The van der Waals surface area contributed by atoms with Crippen LogP contribution in [0.3, 0.4) is 0 Å². The Morgan fingerprint density at radius 2 is 1.91 bits per heavy atom. The molecule has 33 heavy (non-hydrogen) atoms. The quantitative estimate of drug-likeness (QED) is 0.670. The van der Waals surface area contributed by atoms with Gasteiger partial charge in [0.2, 0.25) is 5.91 Å². The van der Waals surface area contributed by atoms with Gasteiger partial charge >= 0.3 is 12.3 Å². The Kier molecular flexibility index (Phi) is 4.73. The molecule has 5 rings (SSSR count). The number of alkyl halides is 2. The van der Waals surface area contributed by atoms with E-state index in [4.69, 9.17) is 0 Å². The van der Waals surface area contributed by atoms with Crippen LogP contribution in [0.4, 0.5) is 14.6 Å². The lowest BCUT2D eigenvalue weighted by atomic mass is 9.82. The maximum absolute atomic E-state index is 13.4. The summed E-state index contributed by atoms with van der Waals surface area (Å²) in [6.07, 6.45) is 1.02. The normalized spacial score (nSPS) is 21.6. The molecule has 1 aromatic heterocycles. The third-order valence-corrected chi connectivity index (χ3v) is 6.28. The number of aromatic nitrogens is 1. The van der Waals surface area contributed by atoms with Gasteiger partial charge in [0.1, 0.15) is 5.82 Å². The fourth-order valence-corrected chi connectivity index (χ4v) is 4.34. The van der Waals surface area contributed by atoms with E-state index in [2.05, 4.69) is 19.8 Å². The maximum atomic E-state index is 13.4. The van der Waals surface area contributed by atoms with E-state index < -0.39 is 17.7 Å². The minimum absolute atomic E-state index is 0.000826. The molecular weight excluding hydrogens is 434 g/mol. The number of fused-ring (bicyclic) bond motifs is 1. The van der Waals surface area contributed by atoms with Crippen molar-refractivity contribution in [3.63, 3.8) is 0 Å². The monoisotopic (exact) mass is 454 g/mol. The Morgan fingerprint density at radius 3 is 2.64 bits per heavy atom. The molecule has 7 nitrogen and oxygen atoms in total. The highest BCUT2D eigenvalue weighted by Crippen LogP contribution is 2.57. The predicted molar refractivity (Wildman–Crippen MR) is 113 cm³/mol. The van der Waals surface area contributed by atoms with Gasteiger partial charge in [-0.05, 0) is 68.0 Å². The van der Waals surface area contributed by atoms with Gasteiger partial charge in [0.25, 0.3) is 0 Å². The average Bonchev–Trinajstić information content (AvgIpc) is 3.52. The summed E-state index contributed by atoms with van der Waals surface area (Å²) in [4.78, 5) is 29.0. The first kappa shape index (κ1) is 21.1. The molecule has 1 saturated carbocycles. The number of nitrogens with zero attached hydrogens (tertiary/aromatic N) is 1. The summed E-state index contributed by atoms with van der Waals surface area (Å²) in [6.45, 7) is 1.85. The molecule has 2 N–H and O–H groups in total. The van der Waals surface area contributed by atoms with Crippen LogP contribution in [0.1, 0.15) is 35.2 Å². The van der Waals surface area contributed by atoms with E-state index in [0.29, 0.717) is 36.3 Å². The molecule has 0 spiro atoms. The second kappa shape index (κ2) is 7.40. The van der Waals surface area contributed by atoms with Crippen molar-refractivity contribution in [3.05, 3.63) is 71.2 Å². The van der Waals surface area contributed by atoms with Crippen molar-refractivity contribution in [1.82, 2.24) is 4.98 Å². The van der Waals surface area contributed by atoms with E-state index in [0.717, 1.165) is 5.56 Å². The number of hydrogen-bond donors (Lipinski definition) is 2. The molecular formula is C24H20F2N2O5. The van der Waals surface area contributed by atoms with Crippen LogP contribution in [0.25, 0.3) is 11.3 Å². The highest BCUT2D eigenvalue weighted by atomic mass is 19.3. The Hall–Kier alpha value is -3.75. The first-order valence-corrected chi connectivity index (χ1v) is 10.5. The van der Waals surface area contributed by atoms with Crippen LogP contribution >= 0.6 is 0 Å². The maximum Gasteiger partial charge on any atom is 0.586 e. The number of carboxylic acids is 1. The number of carbonyl (C=O) groups excluding carboxylic acids is 1. The lowest BCUT2D eigenvalue weighted by molar-refractivity contribution is -0.326. The summed E-state index contributed by atoms with van der Waals surface area (Å²) < 4.78 is 35.8. The SMILES string of the molecule is Cc1ccc(NC(=O)C2(C3C=C4OC(F)(F)OC4=CC3)CC2)nc1-c1cccc(C(=O)O)c1. The fraction of sp³-hybridized carbons (Fsp3) is 0.292. The molecule has 1 aromatic carbocycles. The van der Waals surface area contributed by atoms with Crippen molar-refractivity contribution in [3.8, 4) is 11.3 Å². The number of rotatable bonds is 5. The summed E-state index contributed by atoms with van der Waals surface area (Å²) in [6, 6.07) is 9.91. The number of allylic oxidation sites excluding steroid dienone is 2. The zero-order chi connectivity index (χ0) is 23.4. The van der Waals surface area contributed by atoms with Crippen LogP contribution in [0.2, 0.25) is 0 Å². The van der Waals surface area contributed by atoms with Crippen molar-refractivity contribution in [2.75, 3.05) is 5.32 Å². The summed E-state index contributed by atoms with van der Waals surface area (Å²) in [5.74, 6) is -1.29. The lowest BCUT2D eigenvalue weighted by Gasteiger charge is -2.24. The van der Waals surface area contributed by atoms with Gasteiger partial charge in [-0.3, -0.25) is 4.79 Å². The van der Waals surface area contributed by atoms with E-state index in [1.807, 2.05) is 6.92 Å². The first-order chi connectivity index (χ1) is 15.7. The number of halogens is 2. The number of amides is 1. The number of aryl methyl sites for hydroxylation is 1. The molecule has 2 heterocycles. The van der Waals surface area contributed by atoms with Gasteiger partial charge < -0.3 is 19.9 Å². The molecule has 2 aromatic rings. The summed E-state index contributed by atoms with van der Waals surface area (Å²) in [5, 5.41) is 12.1. The number of pyridine rings is 1. The van der Waals surface area contributed by atoms with Crippen LogP contribution in [-0.2, 0) is 14.3 Å². The second-order valence-corrected chi connectivity index (χ2v) is 8.47. The van der Waals surface area contributed by atoms with Crippen LogP contribution in [0, 0.1) is 18.3 Å². The third kappa shape index (κ3) is 3.83. The highest BCUT2D eigenvalue weighted by Gasteiger charge is 2.57.